The molecule has 0 spiro atoms. The molecule has 0 bridgehead atoms. The molecule has 1 fully saturated rings. The summed E-state index contributed by atoms with van der Waals surface area (Å²) in [6.45, 7) is 5.61. The van der Waals surface area contributed by atoms with Gasteiger partial charge in [-0.3, -0.25) is 9.89 Å². The van der Waals surface area contributed by atoms with E-state index < -0.39 is 0 Å². The molecule has 28 heavy (non-hydrogen) atoms. The minimum Gasteiger partial charge on any atom is -0.446 e. The average Bonchev–Trinajstić information content (AvgIpc) is 3.24. The summed E-state index contributed by atoms with van der Waals surface area (Å²) in [6, 6.07) is 3.66. The SMILES string of the molecule is Cc1cc(CC(=O)Nc2cc([C@H]3CC[C@@H](OC(=O)NC(C)C)CC3)[nH]n2)on1. The van der Waals surface area contributed by atoms with Gasteiger partial charge in [0.05, 0.1) is 12.1 Å². The van der Waals surface area contributed by atoms with Crippen LogP contribution < -0.4 is 10.6 Å². The van der Waals surface area contributed by atoms with Crippen LogP contribution in [0.1, 0.15) is 62.6 Å². The highest BCUT2D eigenvalue weighted by atomic mass is 16.6. The zero-order valence-corrected chi connectivity index (χ0v) is 16.4. The molecule has 0 radical (unpaired) electrons. The van der Waals surface area contributed by atoms with Gasteiger partial charge in [0.15, 0.2) is 5.82 Å². The molecule has 1 aliphatic rings. The largest absolute Gasteiger partial charge is 0.446 e. The second-order valence-electron chi connectivity index (χ2n) is 7.55. The third kappa shape index (κ3) is 5.58. The van der Waals surface area contributed by atoms with Crippen molar-refractivity contribution in [1.82, 2.24) is 20.7 Å². The Kier molecular flexibility index (Phi) is 6.33. The van der Waals surface area contributed by atoms with Gasteiger partial charge in [0.2, 0.25) is 5.91 Å². The maximum atomic E-state index is 12.1. The Bertz CT molecular complexity index is 805. The number of H-pyrrole nitrogens is 1. The van der Waals surface area contributed by atoms with Gasteiger partial charge < -0.3 is 19.9 Å². The number of nitrogens with zero attached hydrogens (tertiary/aromatic N) is 2. The van der Waals surface area contributed by atoms with Crippen LogP contribution in [0.2, 0.25) is 0 Å². The summed E-state index contributed by atoms with van der Waals surface area (Å²) in [5.41, 5.74) is 1.72. The lowest BCUT2D eigenvalue weighted by Gasteiger charge is -2.27. The van der Waals surface area contributed by atoms with Crippen LogP contribution >= 0.6 is 0 Å². The standard InChI is InChI=1S/C19H27N5O4/c1-11(2)20-19(26)27-14-6-4-13(5-7-14)16-10-17(23-22-16)21-18(25)9-15-8-12(3)24-28-15/h8,10-11,13-14H,4-7,9H2,1-3H3,(H,20,26)(H2,21,22,23,25)/t13-,14+. The number of carbonyl (C=O) groups excluding carboxylic acids is 2. The Morgan fingerprint density at radius 1 is 1.29 bits per heavy atom. The van der Waals surface area contributed by atoms with E-state index in [2.05, 4.69) is 26.0 Å². The number of aromatic nitrogens is 3. The summed E-state index contributed by atoms with van der Waals surface area (Å²) in [7, 11) is 0. The maximum absolute atomic E-state index is 12.1. The van der Waals surface area contributed by atoms with Crippen molar-refractivity contribution in [3.05, 3.63) is 29.3 Å². The maximum Gasteiger partial charge on any atom is 0.407 e. The second kappa shape index (κ2) is 8.90. The molecule has 1 aliphatic carbocycles. The number of alkyl carbamates (subject to hydrolysis) is 1. The fourth-order valence-electron chi connectivity index (χ4n) is 3.37. The van der Waals surface area contributed by atoms with Gasteiger partial charge in [-0.05, 0) is 46.5 Å². The molecule has 2 heterocycles. The number of nitrogens with one attached hydrogen (secondary N) is 3. The first-order valence-corrected chi connectivity index (χ1v) is 9.63. The van der Waals surface area contributed by atoms with E-state index in [4.69, 9.17) is 9.26 Å². The predicted molar refractivity (Wildman–Crippen MR) is 102 cm³/mol. The van der Waals surface area contributed by atoms with Crippen LogP contribution in [0.25, 0.3) is 0 Å². The van der Waals surface area contributed by atoms with Crippen molar-refractivity contribution in [3.8, 4) is 0 Å². The normalized spacial score (nSPS) is 19.4. The third-order valence-electron chi connectivity index (χ3n) is 4.67. The van der Waals surface area contributed by atoms with Gasteiger partial charge in [0, 0.05) is 29.8 Å². The molecule has 0 aromatic carbocycles. The van der Waals surface area contributed by atoms with E-state index in [9.17, 15) is 9.59 Å². The van der Waals surface area contributed by atoms with Gasteiger partial charge in [-0.1, -0.05) is 5.16 Å². The number of ether oxygens (including phenoxy) is 1. The molecule has 2 aromatic rings. The zero-order valence-electron chi connectivity index (χ0n) is 16.4. The summed E-state index contributed by atoms with van der Waals surface area (Å²) in [6.07, 6.45) is 3.11. The first kappa shape index (κ1) is 19.9. The van der Waals surface area contributed by atoms with Gasteiger partial charge >= 0.3 is 6.09 Å². The number of aryl methyl sites for hydroxylation is 1. The molecular weight excluding hydrogens is 362 g/mol. The minimum absolute atomic E-state index is 0.0533. The van der Waals surface area contributed by atoms with E-state index in [-0.39, 0.29) is 30.6 Å². The number of aromatic amines is 1. The van der Waals surface area contributed by atoms with Crippen LogP contribution in [0.15, 0.2) is 16.7 Å². The van der Waals surface area contributed by atoms with Crippen molar-refractivity contribution in [3.63, 3.8) is 0 Å². The highest BCUT2D eigenvalue weighted by Gasteiger charge is 2.26. The van der Waals surface area contributed by atoms with E-state index in [0.717, 1.165) is 37.1 Å². The Morgan fingerprint density at radius 2 is 2.04 bits per heavy atom. The highest BCUT2D eigenvalue weighted by molar-refractivity contribution is 5.91. The zero-order chi connectivity index (χ0) is 20.1. The van der Waals surface area contributed by atoms with Gasteiger partial charge in [-0.2, -0.15) is 5.10 Å². The molecule has 3 rings (SSSR count). The minimum atomic E-state index is -0.355. The molecule has 1 saturated carbocycles. The van der Waals surface area contributed by atoms with E-state index in [0.29, 0.717) is 17.5 Å². The van der Waals surface area contributed by atoms with Crippen molar-refractivity contribution in [2.45, 2.75) is 70.9 Å². The van der Waals surface area contributed by atoms with Gasteiger partial charge in [-0.25, -0.2) is 4.79 Å². The number of amides is 2. The number of hydrogen-bond acceptors (Lipinski definition) is 6. The molecule has 9 heteroatoms. The number of rotatable bonds is 6. The van der Waals surface area contributed by atoms with Gasteiger partial charge in [-0.15, -0.1) is 0 Å². The molecular formula is C19H27N5O4. The third-order valence-corrected chi connectivity index (χ3v) is 4.67. The Morgan fingerprint density at radius 3 is 2.68 bits per heavy atom. The summed E-state index contributed by atoms with van der Waals surface area (Å²) >= 11 is 0. The molecule has 9 nitrogen and oxygen atoms in total. The smallest absolute Gasteiger partial charge is 0.407 e. The average molecular weight is 389 g/mol. The number of hydrogen-bond donors (Lipinski definition) is 3. The van der Waals surface area contributed by atoms with E-state index in [1.54, 1.807) is 13.0 Å². The summed E-state index contributed by atoms with van der Waals surface area (Å²) in [5.74, 6) is 1.11. The Labute approximate surface area is 163 Å². The van der Waals surface area contributed by atoms with E-state index in [1.165, 1.54) is 0 Å². The quantitative estimate of drug-likeness (QED) is 0.698. The predicted octanol–water partition coefficient (Wildman–Crippen LogP) is 3.05. The molecule has 0 saturated heterocycles. The molecule has 152 valence electrons. The molecule has 0 unspecified atom stereocenters. The van der Waals surface area contributed by atoms with Crippen LogP contribution in [0, 0.1) is 6.92 Å². The fraction of sp³-hybridized carbons (Fsp3) is 0.579. The fourth-order valence-corrected chi connectivity index (χ4v) is 3.37. The van der Waals surface area contributed by atoms with Crippen LogP contribution in [0.4, 0.5) is 10.6 Å². The van der Waals surface area contributed by atoms with E-state index in [1.807, 2.05) is 19.9 Å². The second-order valence-corrected chi connectivity index (χ2v) is 7.55. The first-order valence-electron chi connectivity index (χ1n) is 9.63. The van der Waals surface area contributed by atoms with Gasteiger partial charge in [0.25, 0.3) is 0 Å². The first-order chi connectivity index (χ1) is 13.4. The highest BCUT2D eigenvalue weighted by Crippen LogP contribution is 2.33. The molecule has 0 atom stereocenters. The Balaban J connectivity index is 1.45. The number of carbonyl (C=O) groups is 2. The molecule has 3 N–H and O–H groups in total. The van der Waals surface area contributed by atoms with Crippen molar-refractivity contribution in [2.24, 2.45) is 0 Å². The summed E-state index contributed by atoms with van der Waals surface area (Å²) in [5, 5.41) is 16.5. The van der Waals surface area contributed by atoms with Crippen LogP contribution in [0.3, 0.4) is 0 Å². The van der Waals surface area contributed by atoms with Gasteiger partial charge in [0.1, 0.15) is 11.9 Å². The molecule has 2 amide bonds. The van der Waals surface area contributed by atoms with Crippen LogP contribution in [-0.4, -0.2) is 39.5 Å². The van der Waals surface area contributed by atoms with Crippen molar-refractivity contribution >= 4 is 17.8 Å². The monoisotopic (exact) mass is 389 g/mol. The lowest BCUT2D eigenvalue weighted by molar-refractivity contribution is -0.115. The van der Waals surface area contributed by atoms with Crippen molar-refractivity contribution < 1.29 is 18.8 Å². The molecule has 2 aromatic heterocycles. The lowest BCUT2D eigenvalue weighted by atomic mass is 9.85. The van der Waals surface area contributed by atoms with Crippen LogP contribution in [0.5, 0.6) is 0 Å². The number of anilines is 1. The molecule has 0 aliphatic heterocycles. The van der Waals surface area contributed by atoms with E-state index >= 15 is 0 Å². The lowest BCUT2D eigenvalue weighted by Crippen LogP contribution is -2.34. The van der Waals surface area contributed by atoms with Crippen molar-refractivity contribution in [2.75, 3.05) is 5.32 Å². The Hall–Kier alpha value is -2.84. The van der Waals surface area contributed by atoms with Crippen LogP contribution in [-0.2, 0) is 16.0 Å². The summed E-state index contributed by atoms with van der Waals surface area (Å²) < 4.78 is 10.5. The van der Waals surface area contributed by atoms with Crippen molar-refractivity contribution in [1.29, 1.82) is 0 Å². The topological polar surface area (TPSA) is 122 Å². The summed E-state index contributed by atoms with van der Waals surface area (Å²) in [4.78, 5) is 23.8.